The third kappa shape index (κ3) is 2.67. The fraction of sp³-hybridized carbons (Fsp3) is 0.421. The van der Waals surface area contributed by atoms with Crippen LogP contribution in [0.25, 0.3) is 0 Å². The van der Waals surface area contributed by atoms with Crippen LogP contribution >= 0.6 is 11.6 Å². The summed E-state index contributed by atoms with van der Waals surface area (Å²) in [6.45, 7) is 2.01. The predicted octanol–water partition coefficient (Wildman–Crippen LogP) is 2.78. The van der Waals surface area contributed by atoms with E-state index in [9.17, 15) is 14.4 Å². The Balaban J connectivity index is 1.39. The van der Waals surface area contributed by atoms with Gasteiger partial charge in [0.1, 0.15) is 0 Å². The van der Waals surface area contributed by atoms with Crippen LogP contribution < -0.4 is 5.32 Å². The van der Waals surface area contributed by atoms with E-state index < -0.39 is 0 Å². The average molecular weight is 359 g/mol. The van der Waals surface area contributed by atoms with Crippen LogP contribution in [0.1, 0.15) is 18.4 Å². The van der Waals surface area contributed by atoms with Crippen molar-refractivity contribution in [2.24, 2.45) is 23.7 Å². The maximum Gasteiger partial charge on any atom is 0.233 e. The molecule has 130 valence electrons. The highest BCUT2D eigenvalue weighted by Gasteiger charge is 2.58. The molecule has 1 N–H and O–H groups in total. The SMILES string of the molecule is Cc1ccc(Cl)cc1NC(=O)CCN1C(=O)[C@@H]2[C@H](C1=O)[C@@H]1C=C[C@@H]2C1. The fourth-order valence-corrected chi connectivity index (χ4v) is 4.51. The number of nitrogens with zero attached hydrogens (tertiary/aromatic N) is 1. The second-order valence-corrected chi connectivity index (χ2v) is 7.52. The van der Waals surface area contributed by atoms with Gasteiger partial charge >= 0.3 is 0 Å². The molecule has 4 atom stereocenters. The fourth-order valence-electron chi connectivity index (χ4n) is 4.34. The summed E-state index contributed by atoms with van der Waals surface area (Å²) in [4.78, 5) is 38.7. The lowest BCUT2D eigenvalue weighted by molar-refractivity contribution is -0.140. The van der Waals surface area contributed by atoms with Crippen LogP contribution in [0.4, 0.5) is 5.69 Å². The molecule has 25 heavy (non-hydrogen) atoms. The zero-order valence-electron chi connectivity index (χ0n) is 13.9. The molecule has 2 bridgehead atoms. The topological polar surface area (TPSA) is 66.5 Å². The lowest BCUT2D eigenvalue weighted by Crippen LogP contribution is -2.35. The molecule has 5 nitrogen and oxygen atoms in total. The van der Waals surface area contributed by atoms with E-state index in [1.165, 1.54) is 4.90 Å². The minimum Gasteiger partial charge on any atom is -0.326 e. The molecular weight excluding hydrogens is 340 g/mol. The van der Waals surface area contributed by atoms with Crippen molar-refractivity contribution in [3.8, 4) is 0 Å². The van der Waals surface area contributed by atoms with Crippen LogP contribution in [0.15, 0.2) is 30.4 Å². The van der Waals surface area contributed by atoms with Crippen molar-refractivity contribution in [1.29, 1.82) is 0 Å². The maximum absolute atomic E-state index is 12.6. The van der Waals surface area contributed by atoms with Crippen molar-refractivity contribution in [3.63, 3.8) is 0 Å². The number of anilines is 1. The lowest BCUT2D eigenvalue weighted by Gasteiger charge is -2.17. The number of rotatable bonds is 4. The minimum absolute atomic E-state index is 0.0889. The first-order valence-corrected chi connectivity index (χ1v) is 8.93. The van der Waals surface area contributed by atoms with Crippen LogP contribution in [-0.4, -0.2) is 29.2 Å². The lowest BCUT2D eigenvalue weighted by atomic mass is 9.85. The number of carbonyl (C=O) groups is 3. The van der Waals surface area contributed by atoms with Crippen LogP contribution in [0, 0.1) is 30.6 Å². The zero-order valence-corrected chi connectivity index (χ0v) is 14.6. The minimum atomic E-state index is -0.232. The summed E-state index contributed by atoms with van der Waals surface area (Å²) >= 11 is 5.95. The molecule has 3 aliphatic rings. The highest BCUT2D eigenvalue weighted by atomic mass is 35.5. The largest absolute Gasteiger partial charge is 0.326 e. The number of carbonyl (C=O) groups excluding carboxylic acids is 3. The van der Waals surface area contributed by atoms with E-state index in [0.29, 0.717) is 10.7 Å². The van der Waals surface area contributed by atoms with Crippen LogP contribution in [0.3, 0.4) is 0 Å². The van der Waals surface area contributed by atoms with E-state index in [1.54, 1.807) is 12.1 Å². The number of benzene rings is 1. The molecular formula is C19H19ClN2O3. The summed E-state index contributed by atoms with van der Waals surface area (Å²) in [6.07, 6.45) is 5.13. The highest BCUT2D eigenvalue weighted by Crippen LogP contribution is 2.52. The van der Waals surface area contributed by atoms with Crippen molar-refractivity contribution in [3.05, 3.63) is 40.9 Å². The van der Waals surface area contributed by atoms with E-state index in [1.807, 2.05) is 13.0 Å². The number of aryl methyl sites for hydroxylation is 1. The number of halogens is 1. The maximum atomic E-state index is 12.6. The molecule has 0 radical (unpaired) electrons. The Labute approximate surface area is 151 Å². The normalized spacial score (nSPS) is 29.4. The van der Waals surface area contributed by atoms with Crippen molar-refractivity contribution >= 4 is 35.0 Å². The van der Waals surface area contributed by atoms with Crippen LogP contribution in [0.5, 0.6) is 0 Å². The molecule has 4 rings (SSSR count). The number of allylic oxidation sites excluding steroid dienone is 2. The number of hydrogen-bond acceptors (Lipinski definition) is 3. The molecule has 1 aromatic rings. The van der Waals surface area contributed by atoms with Crippen molar-refractivity contribution in [2.45, 2.75) is 19.8 Å². The Bertz CT molecular complexity index is 774. The zero-order chi connectivity index (χ0) is 17.7. The molecule has 1 saturated carbocycles. The van der Waals surface area contributed by atoms with Crippen molar-refractivity contribution in [2.75, 3.05) is 11.9 Å². The van der Waals surface area contributed by atoms with E-state index in [0.717, 1.165) is 12.0 Å². The van der Waals surface area contributed by atoms with Gasteiger partial charge in [0.15, 0.2) is 0 Å². The first kappa shape index (κ1) is 16.3. The first-order valence-electron chi connectivity index (χ1n) is 8.55. The Morgan fingerprint density at radius 1 is 1.20 bits per heavy atom. The quantitative estimate of drug-likeness (QED) is 0.664. The number of amides is 3. The number of fused-ring (bicyclic) bond motifs is 5. The van der Waals surface area contributed by atoms with Crippen molar-refractivity contribution < 1.29 is 14.4 Å². The molecule has 1 aliphatic heterocycles. The third-order valence-corrected chi connectivity index (χ3v) is 5.83. The first-order chi connectivity index (χ1) is 12.0. The van der Waals surface area contributed by atoms with Gasteiger partial charge in [0.05, 0.1) is 11.8 Å². The van der Waals surface area contributed by atoms with Gasteiger partial charge in [-0.15, -0.1) is 0 Å². The van der Waals surface area contributed by atoms with Crippen molar-refractivity contribution in [1.82, 2.24) is 4.90 Å². The molecule has 2 aliphatic carbocycles. The van der Waals surface area contributed by atoms with Gasteiger partial charge in [0.2, 0.25) is 17.7 Å². The van der Waals surface area contributed by atoms with E-state index in [-0.39, 0.29) is 54.4 Å². The molecule has 1 heterocycles. The van der Waals surface area contributed by atoms with Gasteiger partial charge in [0.25, 0.3) is 0 Å². The van der Waals surface area contributed by atoms with Gasteiger partial charge in [0, 0.05) is 23.7 Å². The van der Waals surface area contributed by atoms with Crippen LogP contribution in [-0.2, 0) is 14.4 Å². The van der Waals surface area contributed by atoms with Gasteiger partial charge in [-0.2, -0.15) is 0 Å². The Morgan fingerprint density at radius 3 is 2.48 bits per heavy atom. The third-order valence-electron chi connectivity index (χ3n) is 5.60. The second kappa shape index (κ2) is 5.99. The molecule has 2 fully saturated rings. The molecule has 0 aromatic heterocycles. The molecule has 3 amide bonds. The Hall–Kier alpha value is -2.14. The van der Waals surface area contributed by atoms with E-state index >= 15 is 0 Å². The second-order valence-electron chi connectivity index (χ2n) is 7.09. The summed E-state index contributed by atoms with van der Waals surface area (Å²) in [7, 11) is 0. The average Bonchev–Trinajstić information content (AvgIpc) is 3.24. The Kier molecular flexibility index (Phi) is 3.91. The van der Waals surface area contributed by atoms with Gasteiger partial charge in [-0.25, -0.2) is 0 Å². The summed E-state index contributed by atoms with van der Waals surface area (Å²) in [5.74, 6) is -0.485. The van der Waals surface area contributed by atoms with Gasteiger partial charge in [-0.3, -0.25) is 19.3 Å². The smallest absolute Gasteiger partial charge is 0.233 e. The summed E-state index contributed by atoms with van der Waals surface area (Å²) in [5.41, 5.74) is 1.55. The number of imide groups is 1. The van der Waals surface area contributed by atoms with E-state index in [4.69, 9.17) is 11.6 Å². The van der Waals surface area contributed by atoms with E-state index in [2.05, 4.69) is 17.5 Å². The van der Waals surface area contributed by atoms with Gasteiger partial charge < -0.3 is 5.32 Å². The number of nitrogens with one attached hydrogen (secondary N) is 1. The molecule has 6 heteroatoms. The molecule has 1 saturated heterocycles. The Morgan fingerprint density at radius 2 is 1.84 bits per heavy atom. The standard InChI is InChI=1S/C19H19ClN2O3/c1-10-2-5-13(20)9-14(10)21-15(23)6-7-22-18(24)16-11-3-4-12(8-11)17(16)19(22)25/h2-5,9,11-12,16-17H,6-8H2,1H3,(H,21,23)/t11-,12-,16-,17+/m1/s1. The predicted molar refractivity (Wildman–Crippen MR) is 93.9 cm³/mol. The monoisotopic (exact) mass is 358 g/mol. The number of likely N-dealkylation sites (tertiary alicyclic amines) is 1. The molecule has 1 aromatic carbocycles. The molecule has 0 unspecified atom stereocenters. The number of hydrogen-bond donors (Lipinski definition) is 1. The van der Waals surface area contributed by atoms with Gasteiger partial charge in [-0.1, -0.05) is 29.8 Å². The summed E-state index contributed by atoms with van der Waals surface area (Å²) < 4.78 is 0. The van der Waals surface area contributed by atoms with Crippen LogP contribution in [0.2, 0.25) is 5.02 Å². The van der Waals surface area contributed by atoms with Gasteiger partial charge in [-0.05, 0) is 42.9 Å². The summed E-state index contributed by atoms with van der Waals surface area (Å²) in [6, 6.07) is 5.28. The molecule has 0 spiro atoms. The highest BCUT2D eigenvalue weighted by molar-refractivity contribution is 6.31. The summed E-state index contributed by atoms with van der Waals surface area (Å²) in [5, 5.41) is 3.34.